The molecule has 0 radical (unpaired) electrons. The summed E-state index contributed by atoms with van der Waals surface area (Å²) in [5, 5.41) is 1.12. The van der Waals surface area contributed by atoms with Gasteiger partial charge in [-0.1, -0.05) is 24.6 Å². The SMILES string of the molecule is Nc1nccn2c(C3CCC3)nc(-c3ccc4cccnc4c3)c12. The van der Waals surface area contributed by atoms with Crippen LogP contribution >= 0.6 is 0 Å². The molecule has 1 aliphatic carbocycles. The summed E-state index contributed by atoms with van der Waals surface area (Å²) in [5.41, 5.74) is 9.98. The van der Waals surface area contributed by atoms with E-state index >= 15 is 0 Å². The van der Waals surface area contributed by atoms with E-state index in [9.17, 15) is 0 Å². The van der Waals surface area contributed by atoms with E-state index in [4.69, 9.17) is 10.7 Å². The van der Waals surface area contributed by atoms with Gasteiger partial charge in [0.1, 0.15) is 22.9 Å². The van der Waals surface area contributed by atoms with Crippen LogP contribution in [0.2, 0.25) is 0 Å². The van der Waals surface area contributed by atoms with Crippen molar-refractivity contribution in [2.75, 3.05) is 5.73 Å². The first kappa shape index (κ1) is 13.5. The van der Waals surface area contributed by atoms with Gasteiger partial charge in [0.2, 0.25) is 0 Å². The van der Waals surface area contributed by atoms with Crippen LogP contribution in [0.3, 0.4) is 0 Å². The van der Waals surface area contributed by atoms with Crippen molar-refractivity contribution in [3.05, 3.63) is 54.7 Å². The second-order valence-electron chi connectivity index (χ2n) is 6.39. The maximum Gasteiger partial charge on any atom is 0.150 e. The van der Waals surface area contributed by atoms with Gasteiger partial charge in [-0.05, 0) is 25.0 Å². The Morgan fingerprint density at radius 2 is 2.00 bits per heavy atom. The summed E-state index contributed by atoms with van der Waals surface area (Å²) < 4.78 is 2.12. The number of fused-ring (bicyclic) bond motifs is 2. The summed E-state index contributed by atoms with van der Waals surface area (Å²) in [6.45, 7) is 0. The zero-order chi connectivity index (χ0) is 16.1. The van der Waals surface area contributed by atoms with E-state index in [1.807, 2.05) is 18.5 Å². The van der Waals surface area contributed by atoms with Crippen molar-refractivity contribution in [3.63, 3.8) is 0 Å². The van der Waals surface area contributed by atoms with E-state index in [0.717, 1.165) is 33.5 Å². The molecule has 2 N–H and O–H groups in total. The van der Waals surface area contributed by atoms with Gasteiger partial charge in [-0.2, -0.15) is 0 Å². The van der Waals surface area contributed by atoms with Gasteiger partial charge < -0.3 is 5.73 Å². The highest BCUT2D eigenvalue weighted by molar-refractivity contribution is 5.90. The molecule has 3 aromatic heterocycles. The number of nitrogens with zero attached hydrogens (tertiary/aromatic N) is 4. The summed E-state index contributed by atoms with van der Waals surface area (Å²) >= 11 is 0. The van der Waals surface area contributed by atoms with Crippen molar-refractivity contribution < 1.29 is 0 Å². The van der Waals surface area contributed by atoms with Crippen LogP contribution in [-0.4, -0.2) is 19.4 Å². The minimum absolute atomic E-state index is 0.520. The topological polar surface area (TPSA) is 69.1 Å². The Hall–Kier alpha value is -2.95. The van der Waals surface area contributed by atoms with Crippen molar-refractivity contribution >= 4 is 22.2 Å². The third kappa shape index (κ3) is 1.91. The number of nitrogen functional groups attached to an aromatic ring is 1. The van der Waals surface area contributed by atoms with Crippen molar-refractivity contribution in [2.45, 2.75) is 25.2 Å². The number of imidazole rings is 1. The molecule has 118 valence electrons. The third-order valence-corrected chi connectivity index (χ3v) is 4.96. The molecule has 0 aliphatic heterocycles. The molecule has 1 aliphatic rings. The Kier molecular flexibility index (Phi) is 2.82. The first-order chi connectivity index (χ1) is 11.8. The third-order valence-electron chi connectivity index (χ3n) is 4.96. The summed E-state index contributed by atoms with van der Waals surface area (Å²) in [5.74, 6) is 2.14. The molecule has 5 rings (SSSR count). The van der Waals surface area contributed by atoms with Crippen LogP contribution in [0.15, 0.2) is 48.9 Å². The number of benzene rings is 1. The summed E-state index contributed by atoms with van der Waals surface area (Å²) in [7, 11) is 0. The molecular weight excluding hydrogens is 298 g/mol. The largest absolute Gasteiger partial charge is 0.382 e. The fourth-order valence-corrected chi connectivity index (χ4v) is 3.46. The first-order valence-electron chi connectivity index (χ1n) is 8.29. The lowest BCUT2D eigenvalue weighted by Gasteiger charge is -2.23. The zero-order valence-corrected chi connectivity index (χ0v) is 13.2. The molecular formula is C19H17N5. The van der Waals surface area contributed by atoms with Crippen LogP contribution in [0.5, 0.6) is 0 Å². The van der Waals surface area contributed by atoms with E-state index in [2.05, 4.69) is 38.6 Å². The molecule has 5 heteroatoms. The molecule has 0 saturated heterocycles. The molecule has 1 aromatic carbocycles. The van der Waals surface area contributed by atoms with E-state index in [-0.39, 0.29) is 0 Å². The minimum atomic E-state index is 0.520. The second kappa shape index (κ2) is 5.03. The highest BCUT2D eigenvalue weighted by Crippen LogP contribution is 2.39. The Morgan fingerprint density at radius 3 is 2.83 bits per heavy atom. The molecule has 4 aromatic rings. The Bertz CT molecular complexity index is 1060. The molecule has 0 unspecified atom stereocenters. The smallest absolute Gasteiger partial charge is 0.150 e. The number of pyridine rings is 1. The van der Waals surface area contributed by atoms with Crippen LogP contribution in [0.1, 0.15) is 31.0 Å². The fraction of sp³-hybridized carbons (Fsp3) is 0.211. The van der Waals surface area contributed by atoms with Crippen LogP contribution in [0.25, 0.3) is 27.7 Å². The first-order valence-corrected chi connectivity index (χ1v) is 8.29. The average molecular weight is 315 g/mol. The monoisotopic (exact) mass is 315 g/mol. The van der Waals surface area contributed by atoms with Gasteiger partial charge in [-0.25, -0.2) is 9.97 Å². The number of aromatic nitrogens is 4. The number of nitrogens with two attached hydrogens (primary N) is 1. The predicted molar refractivity (Wildman–Crippen MR) is 94.7 cm³/mol. The van der Waals surface area contributed by atoms with Gasteiger partial charge in [0.05, 0.1) is 5.52 Å². The van der Waals surface area contributed by atoms with Crippen LogP contribution in [0.4, 0.5) is 5.82 Å². The van der Waals surface area contributed by atoms with E-state index < -0.39 is 0 Å². The van der Waals surface area contributed by atoms with Crippen LogP contribution < -0.4 is 5.73 Å². The van der Waals surface area contributed by atoms with Gasteiger partial charge in [-0.15, -0.1) is 0 Å². The predicted octanol–water partition coefficient (Wildman–Crippen LogP) is 3.79. The molecule has 0 spiro atoms. The molecule has 1 fully saturated rings. The maximum absolute atomic E-state index is 6.19. The quantitative estimate of drug-likeness (QED) is 0.611. The normalized spacial score (nSPS) is 15.0. The maximum atomic E-state index is 6.19. The highest BCUT2D eigenvalue weighted by Gasteiger charge is 2.26. The summed E-state index contributed by atoms with van der Waals surface area (Å²) in [6.07, 6.45) is 9.19. The molecule has 24 heavy (non-hydrogen) atoms. The number of anilines is 1. The highest BCUT2D eigenvalue weighted by atomic mass is 15.1. The van der Waals surface area contributed by atoms with Gasteiger partial charge in [0.15, 0.2) is 0 Å². The number of hydrogen-bond donors (Lipinski definition) is 1. The van der Waals surface area contributed by atoms with Crippen molar-refractivity contribution in [2.24, 2.45) is 0 Å². The number of rotatable bonds is 2. The van der Waals surface area contributed by atoms with Crippen molar-refractivity contribution in [1.82, 2.24) is 19.4 Å². The fourth-order valence-electron chi connectivity index (χ4n) is 3.46. The van der Waals surface area contributed by atoms with Gasteiger partial charge >= 0.3 is 0 Å². The van der Waals surface area contributed by atoms with Gasteiger partial charge in [-0.3, -0.25) is 9.38 Å². The zero-order valence-electron chi connectivity index (χ0n) is 13.2. The molecule has 5 nitrogen and oxygen atoms in total. The van der Waals surface area contributed by atoms with E-state index in [0.29, 0.717) is 11.7 Å². The summed E-state index contributed by atoms with van der Waals surface area (Å²) in [6, 6.07) is 10.3. The Labute approximate surface area is 139 Å². The lowest BCUT2D eigenvalue weighted by Crippen LogP contribution is -2.12. The molecule has 0 amide bonds. The Morgan fingerprint density at radius 1 is 1.08 bits per heavy atom. The Balaban J connectivity index is 1.78. The van der Waals surface area contributed by atoms with E-state index in [1.54, 1.807) is 6.20 Å². The van der Waals surface area contributed by atoms with Gasteiger partial charge in [0, 0.05) is 35.5 Å². The standard InChI is InChI=1S/C19H17N5/c20-18-17-16(14-7-6-12-5-2-8-21-15(12)11-14)23-19(13-3-1-4-13)24(17)10-9-22-18/h2,5-11,13H,1,3-4H2,(H2,20,22). The lowest BCUT2D eigenvalue weighted by molar-refractivity contribution is 0.400. The lowest BCUT2D eigenvalue weighted by atomic mass is 9.85. The second-order valence-corrected chi connectivity index (χ2v) is 6.39. The minimum Gasteiger partial charge on any atom is -0.382 e. The molecule has 1 saturated carbocycles. The van der Waals surface area contributed by atoms with Crippen LogP contribution in [-0.2, 0) is 0 Å². The van der Waals surface area contributed by atoms with Crippen molar-refractivity contribution in [1.29, 1.82) is 0 Å². The molecule has 0 atom stereocenters. The average Bonchev–Trinajstić information content (AvgIpc) is 2.94. The number of hydrogen-bond acceptors (Lipinski definition) is 4. The van der Waals surface area contributed by atoms with E-state index in [1.165, 1.54) is 19.3 Å². The summed E-state index contributed by atoms with van der Waals surface area (Å²) in [4.78, 5) is 13.7. The molecule has 0 bridgehead atoms. The van der Waals surface area contributed by atoms with Crippen LogP contribution in [0, 0.1) is 0 Å². The molecule has 3 heterocycles. The van der Waals surface area contributed by atoms with Gasteiger partial charge in [0.25, 0.3) is 0 Å². The van der Waals surface area contributed by atoms with Crippen molar-refractivity contribution in [3.8, 4) is 11.3 Å².